The van der Waals surface area contributed by atoms with Crippen LogP contribution in [0, 0.1) is 5.41 Å². The number of carboxylic acid groups (broad SMARTS) is 1. The Bertz CT molecular complexity index is 821. The van der Waals surface area contributed by atoms with E-state index in [4.69, 9.17) is 4.74 Å². The Morgan fingerprint density at radius 2 is 1.87 bits per heavy atom. The quantitative estimate of drug-likeness (QED) is 0.496. The Labute approximate surface area is 181 Å². The Hall–Kier alpha value is -1.97. The maximum atomic E-state index is 11.4. The number of hydrogen-bond acceptors (Lipinski definition) is 3. The van der Waals surface area contributed by atoms with Crippen molar-refractivity contribution in [3.8, 4) is 11.5 Å². The number of phenols is 1. The van der Waals surface area contributed by atoms with E-state index in [1.807, 2.05) is 18.2 Å². The summed E-state index contributed by atoms with van der Waals surface area (Å²) >= 11 is 0. The van der Waals surface area contributed by atoms with Gasteiger partial charge >= 0.3 is 5.97 Å². The molecule has 0 aromatic heterocycles. The fraction of sp³-hybridized carbons (Fsp3) is 0.654. The minimum absolute atomic E-state index is 0.0218. The van der Waals surface area contributed by atoms with Gasteiger partial charge in [0.05, 0.1) is 0 Å². The first-order valence-electron chi connectivity index (χ1n) is 11.7. The second-order valence-electron chi connectivity index (χ2n) is 9.83. The van der Waals surface area contributed by atoms with E-state index < -0.39 is 5.97 Å². The van der Waals surface area contributed by atoms with Crippen molar-refractivity contribution in [2.45, 2.75) is 103 Å². The summed E-state index contributed by atoms with van der Waals surface area (Å²) in [4.78, 5) is 11.4. The molecule has 1 spiro atoms. The Morgan fingerprint density at radius 3 is 2.43 bits per heavy atom. The fourth-order valence-electron chi connectivity index (χ4n) is 5.29. The van der Waals surface area contributed by atoms with Gasteiger partial charge in [0.15, 0.2) is 0 Å². The van der Waals surface area contributed by atoms with E-state index in [9.17, 15) is 15.0 Å². The van der Waals surface area contributed by atoms with Gasteiger partial charge in [0.1, 0.15) is 17.1 Å². The molecule has 4 nitrogen and oxygen atoms in total. The number of carbonyl (C=O) groups is 1. The van der Waals surface area contributed by atoms with Crippen LogP contribution in [0.3, 0.4) is 0 Å². The highest BCUT2D eigenvalue weighted by atomic mass is 16.5. The zero-order chi connectivity index (χ0) is 22.1. The smallest absolute Gasteiger partial charge is 0.331 e. The van der Waals surface area contributed by atoms with Crippen molar-refractivity contribution >= 4 is 5.97 Å². The molecule has 1 saturated carbocycles. The van der Waals surface area contributed by atoms with Gasteiger partial charge in [-0.05, 0) is 49.8 Å². The lowest BCUT2D eigenvalue weighted by Gasteiger charge is -2.40. The van der Waals surface area contributed by atoms with Crippen molar-refractivity contribution in [2.24, 2.45) is 5.41 Å². The molecule has 4 rings (SSSR count). The summed E-state index contributed by atoms with van der Waals surface area (Å²) in [5.74, 6) is 0.452. The van der Waals surface area contributed by atoms with Crippen LogP contribution in [0.2, 0.25) is 0 Å². The zero-order valence-electron chi connectivity index (χ0n) is 19.3. The molecule has 3 aliphatic rings. The third kappa shape index (κ3) is 3.98. The molecule has 4 heteroatoms. The van der Waals surface area contributed by atoms with Crippen LogP contribution in [0.5, 0.6) is 11.5 Å². The average molecular weight is 415 g/mol. The van der Waals surface area contributed by atoms with Crippen LogP contribution in [-0.4, -0.2) is 21.8 Å². The Balaban J connectivity index is 0.000000318. The van der Waals surface area contributed by atoms with Gasteiger partial charge in [-0.2, -0.15) is 0 Å². The van der Waals surface area contributed by atoms with Gasteiger partial charge in [0.25, 0.3) is 0 Å². The summed E-state index contributed by atoms with van der Waals surface area (Å²) in [6, 6.07) is 3.83. The maximum Gasteiger partial charge on any atom is 0.331 e. The summed E-state index contributed by atoms with van der Waals surface area (Å²) in [5, 5.41) is 20.0. The third-order valence-corrected chi connectivity index (χ3v) is 7.36. The van der Waals surface area contributed by atoms with E-state index in [2.05, 4.69) is 34.6 Å². The monoisotopic (exact) mass is 414 g/mol. The third-order valence-electron chi connectivity index (χ3n) is 7.36. The molecule has 3 atom stereocenters. The number of ether oxygens (including phenoxy) is 1. The van der Waals surface area contributed by atoms with E-state index in [1.54, 1.807) is 0 Å². The lowest BCUT2D eigenvalue weighted by molar-refractivity contribution is -0.133. The number of fused-ring (bicyclic) bond motifs is 2. The van der Waals surface area contributed by atoms with Crippen LogP contribution in [-0.2, 0) is 4.79 Å². The Morgan fingerprint density at radius 1 is 1.20 bits per heavy atom. The summed E-state index contributed by atoms with van der Waals surface area (Å²) < 4.78 is 6.28. The lowest BCUT2D eigenvalue weighted by atomic mass is 9.69. The van der Waals surface area contributed by atoms with Gasteiger partial charge in [-0.3, -0.25) is 0 Å². The molecule has 0 radical (unpaired) electrons. The predicted molar refractivity (Wildman–Crippen MR) is 120 cm³/mol. The molecule has 1 heterocycles. The van der Waals surface area contributed by atoms with Gasteiger partial charge < -0.3 is 14.9 Å². The van der Waals surface area contributed by atoms with Crippen LogP contribution < -0.4 is 4.74 Å². The number of phenolic OH excluding ortho intramolecular Hbond substituents is 1. The van der Waals surface area contributed by atoms with E-state index in [0.717, 1.165) is 23.3 Å². The summed E-state index contributed by atoms with van der Waals surface area (Å²) in [7, 11) is 0. The molecule has 0 saturated heterocycles. The predicted octanol–water partition coefficient (Wildman–Crippen LogP) is 6.92. The van der Waals surface area contributed by atoms with Gasteiger partial charge in [0, 0.05) is 22.5 Å². The van der Waals surface area contributed by atoms with E-state index >= 15 is 0 Å². The largest absolute Gasteiger partial charge is 0.508 e. The minimum atomic E-state index is -0.853. The van der Waals surface area contributed by atoms with Crippen molar-refractivity contribution in [3.05, 3.63) is 34.9 Å². The molecule has 2 aliphatic carbocycles. The first kappa shape index (κ1) is 22.7. The molecule has 0 bridgehead atoms. The second kappa shape index (κ2) is 8.64. The van der Waals surface area contributed by atoms with E-state index in [1.165, 1.54) is 32.1 Å². The van der Waals surface area contributed by atoms with Crippen LogP contribution in [0.4, 0.5) is 0 Å². The maximum absolute atomic E-state index is 11.4. The average Bonchev–Trinajstić information content (AvgIpc) is 3.29. The number of allylic oxidation sites excluding steroid dienone is 1. The number of carboxylic acids is 1. The fourth-order valence-corrected chi connectivity index (χ4v) is 5.29. The molecule has 1 unspecified atom stereocenters. The van der Waals surface area contributed by atoms with Crippen molar-refractivity contribution in [2.75, 3.05) is 0 Å². The summed E-state index contributed by atoms with van der Waals surface area (Å²) in [5.41, 5.74) is 2.00. The molecule has 0 amide bonds. The van der Waals surface area contributed by atoms with Crippen molar-refractivity contribution < 1.29 is 19.7 Å². The van der Waals surface area contributed by atoms with Crippen molar-refractivity contribution in [1.82, 2.24) is 0 Å². The highest BCUT2D eigenvalue weighted by molar-refractivity contribution is 5.87. The standard InChI is InChI=1S/C19H22O4.C7H16/c1-10(2)12-7-14(20)16-13-6-11(17(21)22)4-5-19(13)9-18(19,3)23-15(16)8-12;1-3-5-7-6-4-2/h4,7-8,10,13,20H,5-6,9H2,1-3H3,(H,21,22);3-7H2,1-2H3/t13-,18?,19-;/m0./s1. The first-order chi connectivity index (χ1) is 14.2. The highest BCUT2D eigenvalue weighted by Gasteiger charge is 2.73. The number of aromatic hydroxyl groups is 1. The molecule has 30 heavy (non-hydrogen) atoms. The van der Waals surface area contributed by atoms with Gasteiger partial charge in [-0.25, -0.2) is 4.79 Å². The number of unbranched alkanes of at least 4 members (excludes halogenated alkanes) is 4. The minimum Gasteiger partial charge on any atom is -0.508 e. The molecule has 2 N–H and O–H groups in total. The van der Waals surface area contributed by atoms with Crippen LogP contribution in [0.25, 0.3) is 0 Å². The number of aliphatic carboxylic acids is 1. The molecular formula is C26H38O4. The van der Waals surface area contributed by atoms with Crippen LogP contribution in [0.15, 0.2) is 23.8 Å². The van der Waals surface area contributed by atoms with Gasteiger partial charge in [-0.15, -0.1) is 0 Å². The highest BCUT2D eigenvalue weighted by Crippen LogP contribution is 2.74. The number of benzene rings is 1. The van der Waals surface area contributed by atoms with Crippen molar-refractivity contribution in [3.63, 3.8) is 0 Å². The first-order valence-corrected chi connectivity index (χ1v) is 11.7. The second-order valence-corrected chi connectivity index (χ2v) is 9.83. The van der Waals surface area contributed by atoms with Crippen LogP contribution in [0.1, 0.15) is 109 Å². The van der Waals surface area contributed by atoms with Crippen LogP contribution >= 0.6 is 0 Å². The van der Waals surface area contributed by atoms with E-state index in [-0.39, 0.29) is 22.7 Å². The molecule has 1 aromatic rings. The molecular weight excluding hydrogens is 376 g/mol. The topological polar surface area (TPSA) is 66.8 Å². The molecule has 166 valence electrons. The lowest BCUT2D eigenvalue weighted by Crippen LogP contribution is -2.36. The van der Waals surface area contributed by atoms with E-state index in [0.29, 0.717) is 24.3 Å². The molecule has 1 fully saturated rings. The zero-order valence-corrected chi connectivity index (χ0v) is 19.3. The number of hydrogen-bond donors (Lipinski definition) is 2. The number of rotatable bonds is 6. The van der Waals surface area contributed by atoms with Gasteiger partial charge in [-0.1, -0.05) is 65.9 Å². The SMILES string of the molecule is CC(C)c1cc(O)c2c(c1)OC1(C)C[C@]13CC=C(C(=O)O)C[C@@H]23.CCCCCCC. The van der Waals surface area contributed by atoms with Gasteiger partial charge in [0.2, 0.25) is 0 Å². The summed E-state index contributed by atoms with van der Waals surface area (Å²) in [6.07, 6.45) is 10.9. The molecule has 1 aliphatic heterocycles. The normalized spacial score (nSPS) is 28.2. The Kier molecular flexibility index (Phi) is 6.54. The molecule has 1 aromatic carbocycles. The summed E-state index contributed by atoms with van der Waals surface area (Å²) in [6.45, 7) is 10.8. The van der Waals surface area contributed by atoms with Crippen molar-refractivity contribution in [1.29, 1.82) is 0 Å².